The molecule has 1 fully saturated rings. The van der Waals surface area contributed by atoms with E-state index in [0.717, 1.165) is 6.54 Å². The highest BCUT2D eigenvalue weighted by molar-refractivity contribution is 7.11. The SMILES string of the molecule is CNC1(c2nc(C)c(C)s2)CCCN(C)C1. The van der Waals surface area contributed by atoms with Gasteiger partial charge in [-0.25, -0.2) is 4.98 Å². The smallest absolute Gasteiger partial charge is 0.115 e. The summed E-state index contributed by atoms with van der Waals surface area (Å²) in [6, 6.07) is 0. The highest BCUT2D eigenvalue weighted by atomic mass is 32.1. The molecule has 3 nitrogen and oxygen atoms in total. The Bertz CT molecular complexity index is 355. The number of rotatable bonds is 2. The summed E-state index contributed by atoms with van der Waals surface area (Å²) in [6.07, 6.45) is 2.44. The molecule has 1 aromatic rings. The van der Waals surface area contributed by atoms with Crippen LogP contribution >= 0.6 is 11.3 Å². The molecular formula is C12H21N3S. The molecule has 0 radical (unpaired) electrons. The monoisotopic (exact) mass is 239 g/mol. The fraction of sp³-hybridized carbons (Fsp3) is 0.750. The normalized spacial score (nSPS) is 27.2. The molecule has 1 unspecified atom stereocenters. The molecule has 1 N–H and O–H groups in total. The molecular weight excluding hydrogens is 218 g/mol. The Balaban J connectivity index is 2.33. The van der Waals surface area contributed by atoms with Crippen molar-refractivity contribution in [3.8, 4) is 0 Å². The minimum Gasteiger partial charge on any atom is -0.307 e. The number of hydrogen-bond acceptors (Lipinski definition) is 4. The van der Waals surface area contributed by atoms with Crippen LogP contribution in [0.4, 0.5) is 0 Å². The van der Waals surface area contributed by atoms with E-state index in [1.165, 1.54) is 35.0 Å². The number of aryl methyl sites for hydroxylation is 2. The second-order valence-electron chi connectivity index (χ2n) is 4.83. The molecule has 1 aromatic heterocycles. The molecule has 2 heterocycles. The van der Waals surface area contributed by atoms with Crippen LogP contribution in [0.1, 0.15) is 28.4 Å². The molecule has 16 heavy (non-hydrogen) atoms. The van der Waals surface area contributed by atoms with Gasteiger partial charge in [0, 0.05) is 11.4 Å². The van der Waals surface area contributed by atoms with E-state index in [9.17, 15) is 0 Å². The number of likely N-dealkylation sites (tertiary alicyclic amines) is 1. The molecule has 0 bridgehead atoms. The molecule has 0 amide bonds. The Kier molecular flexibility index (Phi) is 3.33. The van der Waals surface area contributed by atoms with Gasteiger partial charge in [0.2, 0.25) is 0 Å². The summed E-state index contributed by atoms with van der Waals surface area (Å²) in [5, 5.41) is 4.77. The number of nitrogens with zero attached hydrogens (tertiary/aromatic N) is 2. The molecule has 0 aromatic carbocycles. The Labute approximate surface area is 102 Å². The number of hydrogen-bond donors (Lipinski definition) is 1. The lowest BCUT2D eigenvalue weighted by molar-refractivity contribution is 0.151. The van der Waals surface area contributed by atoms with Crippen molar-refractivity contribution in [3.63, 3.8) is 0 Å². The fourth-order valence-electron chi connectivity index (χ4n) is 2.43. The predicted octanol–water partition coefficient (Wildman–Crippen LogP) is 1.90. The fourth-order valence-corrected chi connectivity index (χ4v) is 3.56. The molecule has 1 saturated heterocycles. The standard InChI is InChI=1S/C12H21N3S/c1-9-10(2)16-11(14-9)12(13-3)6-5-7-15(4)8-12/h13H,5-8H2,1-4H3. The van der Waals surface area contributed by atoms with E-state index in [4.69, 9.17) is 4.98 Å². The highest BCUT2D eigenvalue weighted by Gasteiger charge is 2.37. The molecule has 1 aliphatic heterocycles. The van der Waals surface area contributed by atoms with Crippen molar-refractivity contribution >= 4 is 11.3 Å². The van der Waals surface area contributed by atoms with E-state index in [2.05, 4.69) is 38.2 Å². The van der Waals surface area contributed by atoms with E-state index in [1.807, 2.05) is 11.3 Å². The first kappa shape index (κ1) is 12.0. The molecule has 2 rings (SSSR count). The van der Waals surface area contributed by atoms with Gasteiger partial charge in [-0.2, -0.15) is 0 Å². The average Bonchev–Trinajstić information content (AvgIpc) is 2.59. The number of thiazole rings is 1. The van der Waals surface area contributed by atoms with Gasteiger partial charge in [-0.15, -0.1) is 11.3 Å². The van der Waals surface area contributed by atoms with Crippen molar-refractivity contribution in [2.45, 2.75) is 32.2 Å². The zero-order valence-corrected chi connectivity index (χ0v) is 11.4. The summed E-state index contributed by atoms with van der Waals surface area (Å²) in [5.41, 5.74) is 1.26. The highest BCUT2D eigenvalue weighted by Crippen LogP contribution is 2.34. The Morgan fingerprint density at radius 1 is 1.44 bits per heavy atom. The Morgan fingerprint density at radius 3 is 2.69 bits per heavy atom. The van der Waals surface area contributed by atoms with Crippen LogP contribution in [0.15, 0.2) is 0 Å². The molecule has 0 spiro atoms. The lowest BCUT2D eigenvalue weighted by Crippen LogP contribution is -2.52. The summed E-state index contributed by atoms with van der Waals surface area (Å²) in [7, 11) is 4.25. The number of nitrogens with one attached hydrogen (secondary N) is 1. The van der Waals surface area contributed by atoms with Crippen molar-refractivity contribution in [1.29, 1.82) is 0 Å². The quantitative estimate of drug-likeness (QED) is 0.854. The molecule has 0 aliphatic carbocycles. The van der Waals surface area contributed by atoms with E-state index >= 15 is 0 Å². The van der Waals surface area contributed by atoms with E-state index in [-0.39, 0.29) is 5.54 Å². The molecule has 0 saturated carbocycles. The summed E-state index contributed by atoms with van der Waals surface area (Å²) in [5.74, 6) is 0. The predicted molar refractivity (Wildman–Crippen MR) is 69.1 cm³/mol. The van der Waals surface area contributed by atoms with Crippen molar-refractivity contribution in [2.24, 2.45) is 0 Å². The topological polar surface area (TPSA) is 28.2 Å². The van der Waals surface area contributed by atoms with Gasteiger partial charge in [0.25, 0.3) is 0 Å². The summed E-state index contributed by atoms with van der Waals surface area (Å²) < 4.78 is 0. The molecule has 90 valence electrons. The minimum absolute atomic E-state index is 0.0800. The summed E-state index contributed by atoms with van der Waals surface area (Å²) in [4.78, 5) is 8.48. The lowest BCUT2D eigenvalue weighted by Gasteiger charge is -2.40. The van der Waals surface area contributed by atoms with Crippen LogP contribution in [-0.2, 0) is 5.54 Å². The maximum atomic E-state index is 4.74. The third-order valence-corrected chi connectivity index (χ3v) is 4.88. The second-order valence-corrected chi connectivity index (χ2v) is 6.04. The number of likely N-dealkylation sites (N-methyl/N-ethyl adjacent to an activating group) is 2. The van der Waals surface area contributed by atoms with E-state index < -0.39 is 0 Å². The zero-order valence-electron chi connectivity index (χ0n) is 10.6. The van der Waals surface area contributed by atoms with E-state index in [0.29, 0.717) is 0 Å². The molecule has 4 heteroatoms. The third-order valence-electron chi connectivity index (χ3n) is 3.60. The van der Waals surface area contributed by atoms with Gasteiger partial charge in [-0.1, -0.05) is 0 Å². The number of aromatic nitrogens is 1. The van der Waals surface area contributed by atoms with Crippen molar-refractivity contribution < 1.29 is 0 Å². The van der Waals surface area contributed by atoms with Gasteiger partial charge in [0.15, 0.2) is 0 Å². The first-order valence-electron chi connectivity index (χ1n) is 5.89. The number of piperidine rings is 1. The van der Waals surface area contributed by atoms with E-state index in [1.54, 1.807) is 0 Å². The van der Waals surface area contributed by atoms with Gasteiger partial charge in [-0.3, -0.25) is 0 Å². The minimum atomic E-state index is 0.0800. The van der Waals surface area contributed by atoms with Crippen LogP contribution in [0.5, 0.6) is 0 Å². The van der Waals surface area contributed by atoms with Crippen LogP contribution in [0.3, 0.4) is 0 Å². The van der Waals surface area contributed by atoms with Gasteiger partial charge in [-0.05, 0) is 47.3 Å². The largest absolute Gasteiger partial charge is 0.307 e. The van der Waals surface area contributed by atoms with Crippen molar-refractivity contribution in [1.82, 2.24) is 15.2 Å². The zero-order chi connectivity index (χ0) is 11.8. The van der Waals surface area contributed by atoms with Crippen molar-refractivity contribution in [3.05, 3.63) is 15.6 Å². The van der Waals surface area contributed by atoms with Crippen LogP contribution in [0.2, 0.25) is 0 Å². The van der Waals surface area contributed by atoms with Gasteiger partial charge >= 0.3 is 0 Å². The van der Waals surface area contributed by atoms with Crippen LogP contribution in [0, 0.1) is 13.8 Å². The third kappa shape index (κ3) is 2.01. The maximum absolute atomic E-state index is 4.74. The maximum Gasteiger partial charge on any atom is 0.115 e. The van der Waals surface area contributed by atoms with Crippen LogP contribution < -0.4 is 5.32 Å². The lowest BCUT2D eigenvalue weighted by atomic mass is 9.90. The average molecular weight is 239 g/mol. The molecule has 1 aliphatic rings. The molecule has 1 atom stereocenters. The second kappa shape index (κ2) is 4.43. The van der Waals surface area contributed by atoms with Crippen LogP contribution in [0.25, 0.3) is 0 Å². The first-order valence-corrected chi connectivity index (χ1v) is 6.71. The van der Waals surface area contributed by atoms with Crippen molar-refractivity contribution in [2.75, 3.05) is 27.2 Å². The van der Waals surface area contributed by atoms with Crippen LogP contribution in [-0.4, -0.2) is 37.1 Å². The van der Waals surface area contributed by atoms with Gasteiger partial charge < -0.3 is 10.2 Å². The summed E-state index contributed by atoms with van der Waals surface area (Å²) in [6.45, 7) is 6.53. The first-order chi connectivity index (χ1) is 7.57. The Morgan fingerprint density at radius 2 is 2.19 bits per heavy atom. The van der Waals surface area contributed by atoms with Gasteiger partial charge in [0.1, 0.15) is 5.01 Å². The summed E-state index contributed by atoms with van der Waals surface area (Å²) >= 11 is 1.85. The Hall–Kier alpha value is -0.450. The van der Waals surface area contributed by atoms with Gasteiger partial charge in [0.05, 0.1) is 11.2 Å².